The first-order chi connectivity index (χ1) is 13.5. The first-order valence-corrected chi connectivity index (χ1v) is 9.35. The van der Waals surface area contributed by atoms with Crippen molar-refractivity contribution in [3.05, 3.63) is 86.5 Å². The minimum atomic E-state index is -0.766. The predicted octanol–water partition coefficient (Wildman–Crippen LogP) is 3.84. The fourth-order valence-corrected chi connectivity index (χ4v) is 4.10. The molecule has 1 aliphatic rings. The molecule has 0 radical (unpaired) electrons. The van der Waals surface area contributed by atoms with Crippen molar-refractivity contribution < 1.29 is 13.6 Å². The average Bonchev–Trinajstić information content (AvgIpc) is 3.30. The molecule has 1 aliphatic heterocycles. The number of hydrogen-bond donors (Lipinski definition) is 0. The second-order valence-electron chi connectivity index (χ2n) is 6.52. The van der Waals surface area contributed by atoms with Gasteiger partial charge >= 0.3 is 0 Å². The van der Waals surface area contributed by atoms with E-state index in [1.54, 1.807) is 24.3 Å². The molecule has 0 spiro atoms. The quantitative estimate of drug-likeness (QED) is 0.517. The molecule has 8 heteroatoms. The summed E-state index contributed by atoms with van der Waals surface area (Å²) in [6, 6.07) is 10.2. The number of anilines is 1. The number of aryl methyl sites for hydroxylation is 1. The number of nitrogens with zero attached hydrogens (tertiary/aromatic N) is 3. The van der Waals surface area contributed by atoms with Crippen LogP contribution >= 0.6 is 11.3 Å². The van der Waals surface area contributed by atoms with Crippen LogP contribution in [-0.4, -0.2) is 16.1 Å². The molecule has 5 rings (SSSR count). The third-order valence-corrected chi connectivity index (χ3v) is 5.45. The lowest BCUT2D eigenvalue weighted by molar-refractivity contribution is 0.0970. The van der Waals surface area contributed by atoms with Crippen molar-refractivity contribution in [3.8, 4) is 0 Å². The van der Waals surface area contributed by atoms with Crippen LogP contribution in [0.15, 0.2) is 57.2 Å². The van der Waals surface area contributed by atoms with Crippen LogP contribution in [0.5, 0.6) is 0 Å². The molecule has 4 aromatic rings. The lowest BCUT2D eigenvalue weighted by Crippen LogP contribution is -2.29. The van der Waals surface area contributed by atoms with E-state index in [1.807, 2.05) is 13.0 Å². The van der Waals surface area contributed by atoms with Gasteiger partial charge in [-0.05, 0) is 36.8 Å². The molecule has 0 saturated carbocycles. The molecule has 3 heterocycles. The van der Waals surface area contributed by atoms with E-state index in [4.69, 9.17) is 4.42 Å². The van der Waals surface area contributed by atoms with E-state index in [2.05, 4.69) is 10.2 Å². The van der Waals surface area contributed by atoms with E-state index in [1.165, 1.54) is 33.9 Å². The summed E-state index contributed by atoms with van der Waals surface area (Å²) in [5.41, 5.74) is 3.29. The van der Waals surface area contributed by atoms with Crippen LogP contribution in [0.1, 0.15) is 33.3 Å². The summed E-state index contributed by atoms with van der Waals surface area (Å²) < 4.78 is 19.3. The van der Waals surface area contributed by atoms with Crippen LogP contribution in [0.25, 0.3) is 11.0 Å². The van der Waals surface area contributed by atoms with Crippen LogP contribution < -0.4 is 10.3 Å². The lowest BCUT2D eigenvalue weighted by atomic mass is 9.98. The molecule has 28 heavy (non-hydrogen) atoms. The summed E-state index contributed by atoms with van der Waals surface area (Å²) in [5, 5.41) is 8.53. The number of amides is 1. The van der Waals surface area contributed by atoms with E-state index in [0.717, 1.165) is 5.56 Å². The van der Waals surface area contributed by atoms with Crippen LogP contribution in [0.3, 0.4) is 0 Å². The second kappa shape index (κ2) is 6.07. The zero-order valence-corrected chi connectivity index (χ0v) is 15.4. The van der Waals surface area contributed by atoms with Crippen molar-refractivity contribution in [1.29, 1.82) is 0 Å². The Balaban J connectivity index is 1.83. The number of fused-ring (bicyclic) bond motifs is 2. The predicted molar refractivity (Wildman–Crippen MR) is 102 cm³/mol. The fourth-order valence-electron chi connectivity index (χ4n) is 3.52. The van der Waals surface area contributed by atoms with Gasteiger partial charge in [-0.2, -0.15) is 0 Å². The van der Waals surface area contributed by atoms with Gasteiger partial charge < -0.3 is 4.42 Å². The topological polar surface area (TPSA) is 76.3 Å². The van der Waals surface area contributed by atoms with Gasteiger partial charge in [0, 0.05) is 0 Å². The summed E-state index contributed by atoms with van der Waals surface area (Å²) in [4.78, 5) is 27.9. The number of aromatic nitrogens is 2. The molecule has 1 amide bonds. The standard InChI is InChI=1S/C20H12FN3O3S/c1-10-2-7-14-13(8-10)17(25)15-16(11-3-5-12(21)6-4-11)24(19(26)18(15)27-14)20-23-22-9-28-20/h2-9,16H,1H3/t16-/m0/s1. The Kier molecular flexibility index (Phi) is 3.63. The van der Waals surface area contributed by atoms with E-state index in [0.29, 0.717) is 21.7 Å². The monoisotopic (exact) mass is 393 g/mol. The average molecular weight is 393 g/mol. The number of carbonyl (C=O) groups excluding carboxylic acids is 1. The lowest BCUT2D eigenvalue weighted by Gasteiger charge is -2.21. The van der Waals surface area contributed by atoms with Gasteiger partial charge in [0.2, 0.25) is 10.9 Å². The maximum absolute atomic E-state index is 13.5. The smallest absolute Gasteiger partial charge is 0.297 e. The van der Waals surface area contributed by atoms with Crippen LogP contribution in [0, 0.1) is 12.7 Å². The van der Waals surface area contributed by atoms with Crippen LogP contribution in [-0.2, 0) is 0 Å². The molecule has 2 aromatic heterocycles. The van der Waals surface area contributed by atoms with Crippen molar-refractivity contribution in [2.75, 3.05) is 4.90 Å². The second-order valence-corrected chi connectivity index (χ2v) is 7.34. The van der Waals surface area contributed by atoms with Gasteiger partial charge in [0.05, 0.1) is 17.0 Å². The number of carbonyl (C=O) groups is 1. The fraction of sp³-hybridized carbons (Fsp3) is 0.100. The van der Waals surface area contributed by atoms with E-state index < -0.39 is 17.8 Å². The molecular weight excluding hydrogens is 381 g/mol. The molecule has 6 nitrogen and oxygen atoms in total. The van der Waals surface area contributed by atoms with Crippen molar-refractivity contribution in [2.24, 2.45) is 0 Å². The Hall–Kier alpha value is -3.39. The molecule has 1 atom stereocenters. The van der Waals surface area contributed by atoms with Crippen molar-refractivity contribution >= 4 is 33.3 Å². The maximum Gasteiger partial charge on any atom is 0.297 e. The van der Waals surface area contributed by atoms with Crippen molar-refractivity contribution in [3.63, 3.8) is 0 Å². The zero-order chi connectivity index (χ0) is 19.4. The molecule has 0 aliphatic carbocycles. The normalized spacial score (nSPS) is 16.0. The number of benzene rings is 2. The SMILES string of the molecule is Cc1ccc2oc3c(c(=O)c2c1)[C@H](c1ccc(F)cc1)N(c1nncs1)C3=O. The van der Waals surface area contributed by atoms with Gasteiger partial charge in [0.15, 0.2) is 5.43 Å². The summed E-state index contributed by atoms with van der Waals surface area (Å²) >= 11 is 1.17. The molecule has 0 saturated heterocycles. The molecule has 138 valence electrons. The number of rotatable bonds is 2. The molecule has 0 N–H and O–H groups in total. The number of hydrogen-bond acceptors (Lipinski definition) is 6. The third-order valence-electron chi connectivity index (χ3n) is 4.77. The highest BCUT2D eigenvalue weighted by Gasteiger charge is 2.44. The van der Waals surface area contributed by atoms with E-state index in [9.17, 15) is 14.0 Å². The largest absolute Gasteiger partial charge is 0.450 e. The van der Waals surface area contributed by atoms with Crippen molar-refractivity contribution in [1.82, 2.24) is 10.2 Å². The Morgan fingerprint density at radius 2 is 1.93 bits per heavy atom. The molecule has 2 aromatic carbocycles. The highest BCUT2D eigenvalue weighted by molar-refractivity contribution is 7.13. The highest BCUT2D eigenvalue weighted by atomic mass is 32.1. The molecule has 0 unspecified atom stereocenters. The summed E-state index contributed by atoms with van der Waals surface area (Å²) in [6.45, 7) is 1.88. The van der Waals surface area contributed by atoms with Gasteiger partial charge in [0.25, 0.3) is 5.91 Å². The van der Waals surface area contributed by atoms with Gasteiger partial charge in [-0.15, -0.1) is 10.2 Å². The minimum Gasteiger partial charge on any atom is -0.450 e. The summed E-state index contributed by atoms with van der Waals surface area (Å²) in [6.07, 6.45) is 0. The summed E-state index contributed by atoms with van der Waals surface area (Å²) in [7, 11) is 0. The molecule has 0 bridgehead atoms. The van der Waals surface area contributed by atoms with Gasteiger partial charge in [0.1, 0.15) is 16.9 Å². The van der Waals surface area contributed by atoms with E-state index in [-0.39, 0.29) is 16.8 Å². The zero-order valence-electron chi connectivity index (χ0n) is 14.5. The Bertz CT molecular complexity index is 1280. The third kappa shape index (κ3) is 2.38. The minimum absolute atomic E-state index is 0.0223. The highest BCUT2D eigenvalue weighted by Crippen LogP contribution is 2.41. The van der Waals surface area contributed by atoms with Gasteiger partial charge in [-0.25, -0.2) is 4.39 Å². The Morgan fingerprint density at radius 1 is 1.14 bits per heavy atom. The van der Waals surface area contributed by atoms with Crippen LogP contribution in [0.4, 0.5) is 9.52 Å². The van der Waals surface area contributed by atoms with Gasteiger partial charge in [-0.1, -0.05) is 35.1 Å². The molecular formula is C20H12FN3O3S. The van der Waals surface area contributed by atoms with Crippen LogP contribution in [0.2, 0.25) is 0 Å². The van der Waals surface area contributed by atoms with Crippen molar-refractivity contribution in [2.45, 2.75) is 13.0 Å². The molecule has 0 fully saturated rings. The first kappa shape index (κ1) is 16.8. The number of halogens is 1. The van der Waals surface area contributed by atoms with E-state index >= 15 is 0 Å². The maximum atomic E-state index is 13.5. The first-order valence-electron chi connectivity index (χ1n) is 8.47. The Labute approximate surface area is 161 Å². The summed E-state index contributed by atoms with van der Waals surface area (Å²) in [5.74, 6) is -0.900. The Morgan fingerprint density at radius 3 is 2.64 bits per heavy atom. The van der Waals surface area contributed by atoms with Gasteiger partial charge in [-0.3, -0.25) is 14.5 Å².